The quantitative estimate of drug-likeness (QED) is 0.359. The smallest absolute Gasteiger partial charge is 0.354 e. The molecule has 0 aliphatic carbocycles. The summed E-state index contributed by atoms with van der Waals surface area (Å²) in [5.41, 5.74) is -7.83. The molecule has 2 aromatic carbocycles. The van der Waals surface area contributed by atoms with E-state index in [1.807, 2.05) is 4.90 Å². The molecule has 1 aliphatic heterocycles. The van der Waals surface area contributed by atoms with Crippen molar-refractivity contribution in [3.63, 3.8) is 0 Å². The van der Waals surface area contributed by atoms with Crippen molar-refractivity contribution in [3.8, 4) is 11.1 Å². The molecule has 3 aromatic rings. The van der Waals surface area contributed by atoms with Crippen LogP contribution in [0.15, 0.2) is 54.7 Å². The van der Waals surface area contributed by atoms with Crippen LogP contribution in [0.1, 0.15) is 44.2 Å². The fourth-order valence-electron chi connectivity index (χ4n) is 4.52. The minimum absolute atomic E-state index is 0.0201. The SMILES string of the molecule is [2H]C([2H])([2H])C(C(=O)N(C)c1cnc(N2CCNCC2)cc1-c1ccccc1C)(c1cc(C(F)(F)F)cc(C(F)(F)F)c1)C([2H])([2H])[2H]. The first-order valence-corrected chi connectivity index (χ1v) is 12.2. The van der Waals surface area contributed by atoms with E-state index in [1.165, 1.54) is 6.20 Å². The molecular weight excluding hydrogens is 534 g/mol. The van der Waals surface area contributed by atoms with Crippen LogP contribution in [-0.4, -0.2) is 44.1 Å². The molecule has 2 heterocycles. The Kier molecular flexibility index (Phi) is 5.95. The Balaban J connectivity index is 2.02. The minimum atomic E-state index is -5.44. The van der Waals surface area contributed by atoms with Crippen molar-refractivity contribution in [1.29, 1.82) is 0 Å². The van der Waals surface area contributed by atoms with Gasteiger partial charge in [-0.05, 0) is 61.6 Å². The Morgan fingerprint density at radius 3 is 2.05 bits per heavy atom. The van der Waals surface area contributed by atoms with E-state index in [-0.39, 0.29) is 23.9 Å². The van der Waals surface area contributed by atoms with E-state index in [2.05, 4.69) is 10.3 Å². The van der Waals surface area contributed by atoms with Crippen molar-refractivity contribution in [1.82, 2.24) is 10.3 Å². The number of hydrogen-bond donors (Lipinski definition) is 1. The standard InChI is InChI=1S/C29H30F6N4O/c1-18-7-5-6-8-22(18)23-16-25(39-11-9-36-10-12-39)37-17-24(23)38(4)26(40)27(2,3)19-13-20(28(30,31)32)15-21(14-19)29(33,34)35/h5-8,13-17,36H,9-12H2,1-4H3/i2D3,3D3. The Bertz CT molecular complexity index is 1550. The van der Waals surface area contributed by atoms with E-state index >= 15 is 0 Å². The lowest BCUT2D eigenvalue weighted by Crippen LogP contribution is -2.44. The number of nitrogens with zero attached hydrogens (tertiary/aromatic N) is 3. The molecule has 1 saturated heterocycles. The third-order valence-electron chi connectivity index (χ3n) is 6.75. The van der Waals surface area contributed by atoms with Gasteiger partial charge in [0.1, 0.15) is 5.82 Å². The zero-order chi connectivity index (χ0) is 34.5. The number of rotatable bonds is 5. The van der Waals surface area contributed by atoms with Gasteiger partial charge < -0.3 is 15.1 Å². The minimum Gasteiger partial charge on any atom is -0.354 e. The number of amides is 1. The molecular formula is C29H30F6N4O. The molecule has 0 radical (unpaired) electrons. The predicted molar refractivity (Wildman–Crippen MR) is 142 cm³/mol. The van der Waals surface area contributed by atoms with Gasteiger partial charge >= 0.3 is 12.4 Å². The average molecular weight is 571 g/mol. The second-order valence-corrected chi connectivity index (χ2v) is 9.52. The maximum Gasteiger partial charge on any atom is 0.416 e. The number of likely N-dealkylation sites (N-methyl/N-ethyl adjacent to an activating group) is 1. The highest BCUT2D eigenvalue weighted by molar-refractivity contribution is 6.03. The lowest BCUT2D eigenvalue weighted by molar-refractivity contribution is -0.143. The van der Waals surface area contributed by atoms with Gasteiger partial charge in [-0.2, -0.15) is 26.3 Å². The fourth-order valence-corrected chi connectivity index (χ4v) is 4.52. The summed E-state index contributed by atoms with van der Waals surface area (Å²) in [6.45, 7) is -3.72. The Labute approximate surface area is 237 Å². The summed E-state index contributed by atoms with van der Waals surface area (Å²) in [4.78, 5) is 21.4. The van der Waals surface area contributed by atoms with E-state index in [4.69, 9.17) is 8.22 Å². The van der Waals surface area contributed by atoms with Gasteiger partial charge in [0.15, 0.2) is 0 Å². The van der Waals surface area contributed by atoms with Crippen LogP contribution < -0.4 is 15.1 Å². The summed E-state index contributed by atoms with van der Waals surface area (Å²) < 4.78 is 132. The van der Waals surface area contributed by atoms with Gasteiger partial charge in [-0.25, -0.2) is 4.98 Å². The monoisotopic (exact) mass is 570 g/mol. The van der Waals surface area contributed by atoms with Gasteiger partial charge in [0.05, 0.1) is 28.4 Å². The molecule has 0 saturated carbocycles. The van der Waals surface area contributed by atoms with Crippen LogP contribution in [0, 0.1) is 6.92 Å². The third kappa shape index (κ3) is 5.94. The number of nitrogens with one attached hydrogen (secondary N) is 1. The number of aromatic nitrogens is 1. The number of halogens is 6. The van der Waals surface area contributed by atoms with Gasteiger partial charge in [0, 0.05) is 47.0 Å². The number of pyridine rings is 1. The van der Waals surface area contributed by atoms with Crippen LogP contribution in [0.4, 0.5) is 37.8 Å². The average Bonchev–Trinajstić information content (AvgIpc) is 2.95. The summed E-state index contributed by atoms with van der Waals surface area (Å²) in [5.74, 6) is -1.29. The van der Waals surface area contributed by atoms with Crippen LogP contribution in [0.3, 0.4) is 0 Å². The van der Waals surface area contributed by atoms with Gasteiger partial charge in [-0.15, -0.1) is 0 Å². The number of carbonyl (C=O) groups is 1. The van der Waals surface area contributed by atoms with E-state index in [9.17, 15) is 31.1 Å². The lowest BCUT2D eigenvalue weighted by atomic mass is 9.81. The molecule has 5 nitrogen and oxygen atoms in total. The summed E-state index contributed by atoms with van der Waals surface area (Å²) in [5, 5.41) is 3.20. The molecule has 1 aliphatic rings. The number of hydrogen-bond acceptors (Lipinski definition) is 4. The zero-order valence-electron chi connectivity index (χ0n) is 27.5. The highest BCUT2D eigenvalue weighted by atomic mass is 19.4. The molecule has 11 heteroatoms. The maximum atomic E-state index is 14.4. The fraction of sp³-hybridized carbons (Fsp3) is 0.379. The van der Waals surface area contributed by atoms with Crippen molar-refractivity contribution in [3.05, 3.63) is 77.0 Å². The largest absolute Gasteiger partial charge is 0.416 e. The van der Waals surface area contributed by atoms with Crippen LogP contribution in [-0.2, 0) is 22.6 Å². The predicted octanol–water partition coefficient (Wildman–Crippen LogP) is 6.44. The topological polar surface area (TPSA) is 48.5 Å². The first kappa shape index (κ1) is 22.1. The zero-order valence-corrected chi connectivity index (χ0v) is 21.5. The number of benzene rings is 2. The number of anilines is 2. The van der Waals surface area contributed by atoms with Gasteiger partial charge in [0.25, 0.3) is 0 Å². The number of carbonyl (C=O) groups excluding carboxylic acids is 1. The Hall–Kier alpha value is -3.60. The van der Waals surface area contributed by atoms with Gasteiger partial charge in [-0.3, -0.25) is 4.79 Å². The first-order valence-electron chi connectivity index (χ1n) is 15.2. The highest BCUT2D eigenvalue weighted by Crippen LogP contribution is 2.41. The van der Waals surface area contributed by atoms with E-state index in [1.54, 1.807) is 37.3 Å². The molecule has 40 heavy (non-hydrogen) atoms. The van der Waals surface area contributed by atoms with Crippen LogP contribution in [0.25, 0.3) is 11.1 Å². The second-order valence-electron chi connectivity index (χ2n) is 9.52. The van der Waals surface area contributed by atoms with Crippen LogP contribution in [0.5, 0.6) is 0 Å². The van der Waals surface area contributed by atoms with Crippen molar-refractivity contribution in [2.75, 3.05) is 43.0 Å². The van der Waals surface area contributed by atoms with Crippen LogP contribution >= 0.6 is 0 Å². The summed E-state index contributed by atoms with van der Waals surface area (Å²) in [7, 11) is 1.01. The van der Waals surface area contributed by atoms with Crippen molar-refractivity contribution < 1.29 is 39.4 Å². The molecule has 1 aromatic heterocycles. The molecule has 0 spiro atoms. The highest BCUT2D eigenvalue weighted by Gasteiger charge is 2.41. The summed E-state index contributed by atoms with van der Waals surface area (Å²) in [6.07, 6.45) is -9.68. The number of aryl methyl sites for hydroxylation is 1. The lowest BCUT2D eigenvalue weighted by Gasteiger charge is -2.33. The summed E-state index contributed by atoms with van der Waals surface area (Å²) in [6, 6.07) is 8.18. The maximum absolute atomic E-state index is 14.4. The van der Waals surface area contributed by atoms with E-state index < -0.39 is 54.1 Å². The molecule has 214 valence electrons. The number of piperazine rings is 1. The van der Waals surface area contributed by atoms with Crippen LogP contribution in [0.2, 0.25) is 0 Å². The third-order valence-corrected chi connectivity index (χ3v) is 6.75. The van der Waals surface area contributed by atoms with Crippen molar-refractivity contribution >= 4 is 17.4 Å². The molecule has 0 bridgehead atoms. The van der Waals surface area contributed by atoms with Crippen molar-refractivity contribution in [2.24, 2.45) is 0 Å². The molecule has 1 amide bonds. The van der Waals surface area contributed by atoms with Crippen molar-refractivity contribution in [2.45, 2.75) is 38.4 Å². The summed E-state index contributed by atoms with van der Waals surface area (Å²) >= 11 is 0. The van der Waals surface area contributed by atoms with E-state index in [0.717, 1.165) is 7.05 Å². The first-order chi connectivity index (χ1) is 21.1. The molecule has 0 atom stereocenters. The Morgan fingerprint density at radius 1 is 0.925 bits per heavy atom. The van der Waals surface area contributed by atoms with Gasteiger partial charge in [-0.1, -0.05) is 24.3 Å². The molecule has 1 N–H and O–H groups in total. The molecule has 4 rings (SSSR count). The molecule has 1 fully saturated rings. The van der Waals surface area contributed by atoms with Gasteiger partial charge in [0.2, 0.25) is 5.91 Å². The Morgan fingerprint density at radius 2 is 1.50 bits per heavy atom. The molecule has 0 unspecified atom stereocenters. The van der Waals surface area contributed by atoms with E-state index in [0.29, 0.717) is 53.6 Å². The normalized spacial score (nSPS) is 17.6. The second kappa shape index (κ2) is 10.8. The number of alkyl halides is 6.